The number of aromatic carboxylic acids is 1. The van der Waals surface area contributed by atoms with Gasteiger partial charge < -0.3 is 15.5 Å². The molecule has 0 atom stereocenters. The van der Waals surface area contributed by atoms with Crippen molar-refractivity contribution < 1.29 is 15.0 Å². The number of rotatable bonds is 5. The minimum absolute atomic E-state index is 0.0498. The van der Waals surface area contributed by atoms with Crippen LogP contribution in [0.3, 0.4) is 0 Å². The number of nitrogens with one attached hydrogen (secondary N) is 1. The average Bonchev–Trinajstić information content (AvgIpc) is 2.26. The van der Waals surface area contributed by atoms with Crippen LogP contribution >= 0.6 is 0 Å². The van der Waals surface area contributed by atoms with Gasteiger partial charge in [0.15, 0.2) is 0 Å². The Hall–Kier alpha value is -1.55. The van der Waals surface area contributed by atoms with Gasteiger partial charge in [-0.05, 0) is 24.6 Å². The topological polar surface area (TPSA) is 69.6 Å². The maximum atomic E-state index is 11.0. The van der Waals surface area contributed by atoms with Crippen LogP contribution in [0.25, 0.3) is 0 Å². The fourth-order valence-electron chi connectivity index (χ4n) is 1.38. The first-order chi connectivity index (χ1) is 7.85. The second-order valence-electron chi connectivity index (χ2n) is 5.03. The Morgan fingerprint density at radius 2 is 2.06 bits per heavy atom. The summed E-state index contributed by atoms with van der Waals surface area (Å²) in [5.74, 6) is -0.950. The lowest BCUT2D eigenvalue weighted by Gasteiger charge is -2.23. The van der Waals surface area contributed by atoms with E-state index >= 15 is 0 Å². The van der Waals surface area contributed by atoms with Crippen LogP contribution in [0.2, 0.25) is 0 Å². The van der Waals surface area contributed by atoms with Gasteiger partial charge >= 0.3 is 5.97 Å². The molecule has 4 nitrogen and oxygen atoms in total. The van der Waals surface area contributed by atoms with Gasteiger partial charge in [0.25, 0.3) is 0 Å². The van der Waals surface area contributed by atoms with E-state index in [9.17, 15) is 4.79 Å². The largest absolute Gasteiger partial charge is 0.478 e. The fraction of sp³-hybridized carbons (Fsp3) is 0.462. The zero-order chi connectivity index (χ0) is 13.1. The Kier molecular flexibility index (Phi) is 4.12. The van der Waals surface area contributed by atoms with Gasteiger partial charge in [-0.2, -0.15) is 0 Å². The smallest absolute Gasteiger partial charge is 0.337 e. The molecule has 1 aromatic carbocycles. The molecule has 0 heterocycles. The molecule has 0 aliphatic rings. The molecule has 0 aliphatic carbocycles. The lowest BCUT2D eigenvalue weighted by molar-refractivity contribution is 0.0698. The van der Waals surface area contributed by atoms with Gasteiger partial charge in [-0.3, -0.25) is 0 Å². The van der Waals surface area contributed by atoms with Crippen molar-refractivity contribution in [2.75, 3.05) is 18.5 Å². The van der Waals surface area contributed by atoms with Gasteiger partial charge in [-0.25, -0.2) is 4.79 Å². The molecular formula is C13H19NO3. The minimum atomic E-state index is -0.950. The summed E-state index contributed by atoms with van der Waals surface area (Å²) in [4.78, 5) is 11.0. The molecule has 1 rings (SSSR count). The molecule has 0 fully saturated rings. The van der Waals surface area contributed by atoms with E-state index in [0.29, 0.717) is 12.2 Å². The summed E-state index contributed by atoms with van der Waals surface area (Å²) >= 11 is 0. The number of carboxylic acids is 1. The zero-order valence-corrected chi connectivity index (χ0v) is 10.4. The minimum Gasteiger partial charge on any atom is -0.478 e. The van der Waals surface area contributed by atoms with Crippen molar-refractivity contribution in [3.8, 4) is 0 Å². The third-order valence-electron chi connectivity index (χ3n) is 2.59. The van der Waals surface area contributed by atoms with Crippen LogP contribution in [-0.2, 0) is 0 Å². The quantitative estimate of drug-likeness (QED) is 0.733. The lowest BCUT2D eigenvalue weighted by Crippen LogP contribution is -2.27. The molecule has 0 saturated heterocycles. The molecule has 0 amide bonds. The Labute approximate surface area is 101 Å². The molecule has 0 saturated carbocycles. The van der Waals surface area contributed by atoms with Gasteiger partial charge in [0.05, 0.1) is 5.56 Å². The first-order valence-corrected chi connectivity index (χ1v) is 5.54. The third kappa shape index (κ3) is 3.75. The molecular weight excluding hydrogens is 218 g/mol. The van der Waals surface area contributed by atoms with E-state index in [1.807, 2.05) is 20.8 Å². The van der Waals surface area contributed by atoms with Crippen molar-refractivity contribution in [1.82, 2.24) is 0 Å². The summed E-state index contributed by atoms with van der Waals surface area (Å²) in [5, 5.41) is 21.3. The van der Waals surface area contributed by atoms with E-state index < -0.39 is 5.97 Å². The monoisotopic (exact) mass is 237 g/mol. The zero-order valence-electron chi connectivity index (χ0n) is 10.4. The predicted octanol–water partition coefficient (Wildman–Crippen LogP) is 2.12. The molecule has 0 bridgehead atoms. The van der Waals surface area contributed by atoms with Crippen molar-refractivity contribution in [1.29, 1.82) is 0 Å². The first-order valence-electron chi connectivity index (χ1n) is 5.54. The van der Waals surface area contributed by atoms with Crippen LogP contribution in [0.1, 0.15) is 29.8 Å². The number of hydrogen-bond donors (Lipinski definition) is 3. The van der Waals surface area contributed by atoms with Gasteiger partial charge in [-0.1, -0.05) is 19.9 Å². The predicted molar refractivity (Wildman–Crippen MR) is 67.5 cm³/mol. The lowest BCUT2D eigenvalue weighted by atomic mass is 9.94. The van der Waals surface area contributed by atoms with Gasteiger partial charge in [0.1, 0.15) is 0 Å². The fourth-order valence-corrected chi connectivity index (χ4v) is 1.38. The highest BCUT2D eigenvalue weighted by Gasteiger charge is 2.17. The van der Waals surface area contributed by atoms with Crippen LogP contribution in [0, 0.1) is 12.3 Å². The first kappa shape index (κ1) is 13.5. The standard InChI is InChI=1S/C13H19NO3/c1-9-4-5-10(12(16)17)11(6-9)14-7-13(2,3)8-15/h4-6,14-15H,7-8H2,1-3H3,(H,16,17). The highest BCUT2D eigenvalue weighted by molar-refractivity contribution is 5.94. The molecule has 1 aromatic rings. The molecule has 0 aromatic heterocycles. The van der Waals surface area contributed by atoms with Crippen molar-refractivity contribution in [2.45, 2.75) is 20.8 Å². The van der Waals surface area contributed by atoms with Crippen molar-refractivity contribution >= 4 is 11.7 Å². The normalized spacial score (nSPS) is 11.3. The molecule has 17 heavy (non-hydrogen) atoms. The Bertz CT molecular complexity index is 413. The van der Waals surface area contributed by atoms with Crippen molar-refractivity contribution in [3.63, 3.8) is 0 Å². The summed E-state index contributed by atoms with van der Waals surface area (Å²) in [7, 11) is 0. The summed E-state index contributed by atoms with van der Waals surface area (Å²) in [5.41, 5.74) is 1.57. The SMILES string of the molecule is Cc1ccc(C(=O)O)c(NCC(C)(C)CO)c1. The molecule has 0 spiro atoms. The second kappa shape index (κ2) is 5.19. The van der Waals surface area contributed by atoms with Crippen LogP contribution < -0.4 is 5.32 Å². The van der Waals surface area contributed by atoms with Crippen LogP contribution in [0.15, 0.2) is 18.2 Å². The van der Waals surface area contributed by atoms with E-state index in [4.69, 9.17) is 10.2 Å². The van der Waals surface area contributed by atoms with Crippen molar-refractivity contribution in [2.24, 2.45) is 5.41 Å². The Balaban J connectivity index is 2.89. The number of carboxylic acid groups (broad SMARTS) is 1. The third-order valence-corrected chi connectivity index (χ3v) is 2.59. The van der Waals surface area contributed by atoms with E-state index in [1.165, 1.54) is 0 Å². The second-order valence-corrected chi connectivity index (χ2v) is 5.03. The van der Waals surface area contributed by atoms with E-state index in [2.05, 4.69) is 5.32 Å². The molecule has 0 radical (unpaired) electrons. The van der Waals surface area contributed by atoms with Crippen LogP contribution in [0.5, 0.6) is 0 Å². The summed E-state index contributed by atoms with van der Waals surface area (Å²) in [6, 6.07) is 5.16. The number of aryl methyl sites for hydroxylation is 1. The Morgan fingerprint density at radius 3 is 2.59 bits per heavy atom. The molecule has 3 N–H and O–H groups in total. The Morgan fingerprint density at radius 1 is 1.41 bits per heavy atom. The summed E-state index contributed by atoms with van der Waals surface area (Å²) in [6.45, 7) is 6.31. The highest BCUT2D eigenvalue weighted by atomic mass is 16.4. The summed E-state index contributed by atoms with van der Waals surface area (Å²) in [6.07, 6.45) is 0. The van der Waals surface area contributed by atoms with Gasteiger partial charge in [0.2, 0.25) is 0 Å². The number of hydrogen-bond acceptors (Lipinski definition) is 3. The van der Waals surface area contributed by atoms with Gasteiger partial charge in [0, 0.05) is 24.3 Å². The maximum Gasteiger partial charge on any atom is 0.337 e. The average molecular weight is 237 g/mol. The summed E-state index contributed by atoms with van der Waals surface area (Å²) < 4.78 is 0. The number of anilines is 1. The van der Waals surface area contributed by atoms with Gasteiger partial charge in [-0.15, -0.1) is 0 Å². The highest BCUT2D eigenvalue weighted by Crippen LogP contribution is 2.21. The number of aliphatic hydroxyl groups excluding tert-OH is 1. The number of aliphatic hydroxyl groups is 1. The molecule has 0 unspecified atom stereocenters. The molecule has 0 aliphatic heterocycles. The molecule has 94 valence electrons. The van der Waals surface area contributed by atoms with Crippen LogP contribution in [-0.4, -0.2) is 29.3 Å². The van der Waals surface area contributed by atoms with E-state index in [0.717, 1.165) is 5.56 Å². The van der Waals surface area contributed by atoms with E-state index in [-0.39, 0.29) is 17.6 Å². The number of carbonyl (C=O) groups is 1. The maximum absolute atomic E-state index is 11.0. The molecule has 4 heteroatoms. The number of benzene rings is 1. The van der Waals surface area contributed by atoms with Crippen molar-refractivity contribution in [3.05, 3.63) is 29.3 Å². The van der Waals surface area contributed by atoms with Crippen LogP contribution in [0.4, 0.5) is 5.69 Å². The van der Waals surface area contributed by atoms with E-state index in [1.54, 1.807) is 18.2 Å².